The lowest BCUT2D eigenvalue weighted by Gasteiger charge is -2.27. The number of pyridine rings is 1. The molecule has 2 heterocycles. The van der Waals surface area contributed by atoms with E-state index in [9.17, 15) is 9.59 Å². The molecule has 8 heteroatoms. The molecule has 1 aromatic heterocycles. The average Bonchev–Trinajstić information content (AvgIpc) is 2.83. The van der Waals surface area contributed by atoms with E-state index in [0.29, 0.717) is 30.3 Å². The van der Waals surface area contributed by atoms with Crippen molar-refractivity contribution in [2.45, 2.75) is 19.3 Å². The van der Waals surface area contributed by atoms with Crippen LogP contribution in [0, 0.1) is 0 Å². The van der Waals surface area contributed by atoms with Crippen molar-refractivity contribution in [2.75, 3.05) is 34.4 Å². The van der Waals surface area contributed by atoms with Gasteiger partial charge in [0, 0.05) is 31.0 Å². The van der Waals surface area contributed by atoms with Crippen LogP contribution in [0.1, 0.15) is 35.2 Å². The number of benzene rings is 1. The Kier molecular flexibility index (Phi) is 7.48. The van der Waals surface area contributed by atoms with Crippen molar-refractivity contribution in [1.29, 1.82) is 0 Å². The lowest BCUT2D eigenvalue weighted by atomic mass is 10.1. The summed E-state index contributed by atoms with van der Waals surface area (Å²) < 4.78 is 16.0. The molecule has 0 atom stereocenters. The van der Waals surface area contributed by atoms with Crippen LogP contribution in [-0.2, 0) is 4.79 Å². The second-order valence-corrected chi connectivity index (χ2v) is 7.06. The number of carbonyl (C=O) groups excluding carboxylic acids is 2. The van der Waals surface area contributed by atoms with Crippen LogP contribution in [-0.4, -0.2) is 56.1 Å². The van der Waals surface area contributed by atoms with Crippen LogP contribution in [0.5, 0.6) is 17.2 Å². The van der Waals surface area contributed by atoms with Crippen LogP contribution in [0.3, 0.4) is 0 Å². The Labute approximate surface area is 181 Å². The number of hydrogen-bond donors (Lipinski definition) is 1. The van der Waals surface area contributed by atoms with Gasteiger partial charge in [0.25, 0.3) is 11.8 Å². The number of nitrogens with one attached hydrogen (secondary N) is 1. The summed E-state index contributed by atoms with van der Waals surface area (Å²) in [6.07, 6.45) is 7.94. The van der Waals surface area contributed by atoms with E-state index >= 15 is 0 Å². The number of rotatable bonds is 7. The molecule has 3 rings (SSSR count). The van der Waals surface area contributed by atoms with Crippen molar-refractivity contribution in [2.24, 2.45) is 0 Å². The zero-order chi connectivity index (χ0) is 22.2. The first-order valence-corrected chi connectivity index (χ1v) is 10.1. The first-order chi connectivity index (χ1) is 15.1. The molecular formula is C23H27N3O5. The molecule has 1 saturated heterocycles. The van der Waals surface area contributed by atoms with Crippen LogP contribution in [0.2, 0.25) is 0 Å². The SMILES string of the molecule is COc1cc(C(=O)N/C(=C/c2ccncc2)C(=O)N2CCCCC2)cc(OC)c1OC. The van der Waals surface area contributed by atoms with Gasteiger partial charge in [-0.3, -0.25) is 14.6 Å². The predicted octanol–water partition coefficient (Wildman–Crippen LogP) is 2.89. The predicted molar refractivity (Wildman–Crippen MR) is 116 cm³/mol. The first kappa shape index (κ1) is 22.1. The molecule has 0 bridgehead atoms. The molecule has 0 unspecified atom stereocenters. The number of piperidine rings is 1. The van der Waals surface area contributed by atoms with Crippen LogP contribution in [0.25, 0.3) is 6.08 Å². The Balaban J connectivity index is 1.93. The Hall–Kier alpha value is -3.55. The van der Waals surface area contributed by atoms with E-state index in [2.05, 4.69) is 10.3 Å². The molecule has 0 radical (unpaired) electrons. The van der Waals surface area contributed by atoms with E-state index in [4.69, 9.17) is 14.2 Å². The fourth-order valence-electron chi connectivity index (χ4n) is 3.45. The molecule has 2 aromatic rings. The molecular weight excluding hydrogens is 398 g/mol. The summed E-state index contributed by atoms with van der Waals surface area (Å²) >= 11 is 0. The summed E-state index contributed by atoms with van der Waals surface area (Å²) in [5.41, 5.74) is 1.24. The van der Waals surface area contributed by atoms with Crippen LogP contribution in [0.15, 0.2) is 42.4 Å². The van der Waals surface area contributed by atoms with E-state index in [1.54, 1.807) is 47.6 Å². The van der Waals surface area contributed by atoms with Gasteiger partial charge in [-0.1, -0.05) is 0 Å². The number of ether oxygens (including phenoxy) is 3. The number of carbonyl (C=O) groups is 2. The van der Waals surface area contributed by atoms with Crippen molar-refractivity contribution in [3.63, 3.8) is 0 Å². The van der Waals surface area contributed by atoms with Gasteiger partial charge in [0.05, 0.1) is 21.3 Å². The standard InChI is InChI=1S/C23H27N3O5/c1-29-19-14-17(15-20(30-2)21(19)31-3)22(27)25-18(13-16-7-9-24-10-8-16)23(28)26-11-5-4-6-12-26/h7-10,13-15H,4-6,11-12H2,1-3H3,(H,25,27)/b18-13+. The Morgan fingerprint density at radius 1 is 0.968 bits per heavy atom. The van der Waals surface area contributed by atoms with Gasteiger partial charge in [-0.25, -0.2) is 0 Å². The van der Waals surface area contributed by atoms with Crippen molar-refractivity contribution in [3.05, 3.63) is 53.5 Å². The number of hydrogen-bond acceptors (Lipinski definition) is 6. The third kappa shape index (κ3) is 5.33. The third-order valence-corrected chi connectivity index (χ3v) is 5.07. The Bertz CT molecular complexity index is 928. The normalized spacial score (nSPS) is 14.0. The number of amides is 2. The van der Waals surface area contributed by atoms with E-state index in [1.165, 1.54) is 21.3 Å². The lowest BCUT2D eigenvalue weighted by Crippen LogP contribution is -2.41. The maximum atomic E-state index is 13.2. The number of likely N-dealkylation sites (tertiary alicyclic amines) is 1. The zero-order valence-corrected chi connectivity index (χ0v) is 18.0. The molecule has 0 saturated carbocycles. The molecule has 8 nitrogen and oxygen atoms in total. The molecule has 31 heavy (non-hydrogen) atoms. The topological polar surface area (TPSA) is 90.0 Å². The highest BCUT2D eigenvalue weighted by Crippen LogP contribution is 2.38. The van der Waals surface area contributed by atoms with Gasteiger partial charge in [-0.2, -0.15) is 0 Å². The Morgan fingerprint density at radius 2 is 1.58 bits per heavy atom. The smallest absolute Gasteiger partial charge is 0.270 e. The summed E-state index contributed by atoms with van der Waals surface area (Å²) in [7, 11) is 4.45. The fourth-order valence-corrected chi connectivity index (χ4v) is 3.45. The number of nitrogens with zero attached hydrogens (tertiary/aromatic N) is 2. The van der Waals surface area contributed by atoms with E-state index < -0.39 is 5.91 Å². The molecule has 1 N–H and O–H groups in total. The summed E-state index contributed by atoms with van der Waals surface area (Å²) in [5.74, 6) is 0.434. The van der Waals surface area contributed by atoms with Crippen LogP contribution < -0.4 is 19.5 Å². The molecule has 0 aliphatic carbocycles. The highest BCUT2D eigenvalue weighted by Gasteiger charge is 2.24. The van der Waals surface area contributed by atoms with Crippen molar-refractivity contribution in [3.8, 4) is 17.2 Å². The molecule has 1 fully saturated rings. The highest BCUT2D eigenvalue weighted by atomic mass is 16.5. The van der Waals surface area contributed by atoms with Crippen molar-refractivity contribution >= 4 is 17.9 Å². The van der Waals surface area contributed by atoms with E-state index in [-0.39, 0.29) is 17.2 Å². The quantitative estimate of drug-likeness (QED) is 0.686. The van der Waals surface area contributed by atoms with Gasteiger partial charge in [0.15, 0.2) is 11.5 Å². The second-order valence-electron chi connectivity index (χ2n) is 7.06. The van der Waals surface area contributed by atoms with Crippen molar-refractivity contribution < 1.29 is 23.8 Å². The maximum absolute atomic E-state index is 13.2. The zero-order valence-electron chi connectivity index (χ0n) is 18.0. The van der Waals surface area contributed by atoms with Crippen LogP contribution in [0.4, 0.5) is 0 Å². The summed E-state index contributed by atoms with van der Waals surface area (Å²) in [6, 6.07) is 6.64. The average molecular weight is 425 g/mol. The minimum Gasteiger partial charge on any atom is -0.493 e. The van der Waals surface area contributed by atoms with Gasteiger partial charge in [0.2, 0.25) is 5.75 Å². The molecule has 1 aromatic carbocycles. The molecule has 1 aliphatic heterocycles. The van der Waals surface area contributed by atoms with Gasteiger partial charge >= 0.3 is 0 Å². The highest BCUT2D eigenvalue weighted by molar-refractivity contribution is 6.05. The van der Waals surface area contributed by atoms with Gasteiger partial charge in [0.1, 0.15) is 5.70 Å². The summed E-state index contributed by atoms with van der Waals surface area (Å²) in [4.78, 5) is 32.0. The minimum atomic E-state index is -0.454. The first-order valence-electron chi connectivity index (χ1n) is 10.1. The fraction of sp³-hybridized carbons (Fsp3) is 0.348. The van der Waals surface area contributed by atoms with Gasteiger partial charge in [-0.05, 0) is 55.2 Å². The van der Waals surface area contributed by atoms with Gasteiger partial charge < -0.3 is 24.4 Å². The minimum absolute atomic E-state index is 0.201. The molecule has 2 amide bonds. The van der Waals surface area contributed by atoms with Gasteiger partial charge in [-0.15, -0.1) is 0 Å². The summed E-state index contributed by atoms with van der Waals surface area (Å²) in [5, 5.41) is 2.78. The lowest BCUT2D eigenvalue weighted by molar-refractivity contribution is -0.128. The van der Waals surface area contributed by atoms with E-state index in [0.717, 1.165) is 24.8 Å². The third-order valence-electron chi connectivity index (χ3n) is 5.07. The number of aromatic nitrogens is 1. The van der Waals surface area contributed by atoms with E-state index in [1.807, 2.05) is 0 Å². The second kappa shape index (κ2) is 10.5. The van der Waals surface area contributed by atoms with Crippen LogP contribution >= 0.6 is 0 Å². The maximum Gasteiger partial charge on any atom is 0.270 e. The largest absolute Gasteiger partial charge is 0.493 e. The molecule has 1 aliphatic rings. The number of methoxy groups -OCH3 is 3. The summed E-state index contributed by atoms with van der Waals surface area (Å²) in [6.45, 7) is 1.35. The monoisotopic (exact) mass is 425 g/mol. The van der Waals surface area contributed by atoms with Crippen molar-refractivity contribution in [1.82, 2.24) is 15.2 Å². The molecule has 0 spiro atoms. The molecule has 164 valence electrons. The Morgan fingerprint density at radius 3 is 2.13 bits per heavy atom.